The number of fused-ring (bicyclic) bond motifs is 2. The minimum atomic E-state index is 0.521. The van der Waals surface area contributed by atoms with Crippen LogP contribution in [-0.2, 0) is 6.54 Å². The van der Waals surface area contributed by atoms with Gasteiger partial charge in [0, 0.05) is 6.54 Å². The maximum atomic E-state index is 4.68. The summed E-state index contributed by atoms with van der Waals surface area (Å²) in [5.41, 5.74) is 6.95. The zero-order valence-electron chi connectivity index (χ0n) is 14.3. The van der Waals surface area contributed by atoms with Crippen molar-refractivity contribution >= 4 is 34.2 Å². The van der Waals surface area contributed by atoms with E-state index in [0.29, 0.717) is 11.9 Å². The van der Waals surface area contributed by atoms with Gasteiger partial charge in [0.15, 0.2) is 5.82 Å². The quantitative estimate of drug-likeness (QED) is 0.428. The summed E-state index contributed by atoms with van der Waals surface area (Å²) >= 11 is 0. The molecule has 4 rings (SSSR count). The topological polar surface area (TPSA) is 70.9 Å². The van der Waals surface area contributed by atoms with Gasteiger partial charge in [-0.25, -0.2) is 15.4 Å². The highest BCUT2D eigenvalue weighted by molar-refractivity contribution is 5.85. The standard InChI is InChI=1S/C19H20N6/c1-13(2)12-25-17-10-6-5-9-16(17)21-18(25)11-20-24-19-22-14-7-3-4-8-15(14)23-19/h3-11,13H,12H2,1-2H3,(H2,22,23,24). The maximum Gasteiger partial charge on any atom is 0.222 e. The van der Waals surface area contributed by atoms with Crippen molar-refractivity contribution in [2.24, 2.45) is 11.0 Å². The Labute approximate surface area is 145 Å². The number of para-hydroxylation sites is 4. The first-order valence-corrected chi connectivity index (χ1v) is 8.40. The molecule has 0 unspecified atom stereocenters. The Morgan fingerprint density at radius 2 is 1.84 bits per heavy atom. The van der Waals surface area contributed by atoms with E-state index in [1.807, 2.05) is 42.5 Å². The average molecular weight is 332 g/mol. The zero-order chi connectivity index (χ0) is 17.2. The predicted octanol–water partition coefficient (Wildman–Crippen LogP) is 4.01. The van der Waals surface area contributed by atoms with Crippen LogP contribution in [0.2, 0.25) is 0 Å². The van der Waals surface area contributed by atoms with E-state index >= 15 is 0 Å². The first kappa shape index (κ1) is 15.4. The van der Waals surface area contributed by atoms with Gasteiger partial charge in [0.05, 0.1) is 28.3 Å². The smallest absolute Gasteiger partial charge is 0.222 e. The van der Waals surface area contributed by atoms with E-state index in [4.69, 9.17) is 0 Å². The highest BCUT2D eigenvalue weighted by Gasteiger charge is 2.10. The molecule has 0 saturated heterocycles. The first-order chi connectivity index (χ1) is 12.2. The molecule has 0 aliphatic rings. The van der Waals surface area contributed by atoms with Crippen molar-refractivity contribution in [3.8, 4) is 0 Å². The van der Waals surface area contributed by atoms with E-state index in [9.17, 15) is 0 Å². The normalized spacial score (nSPS) is 12.0. The summed E-state index contributed by atoms with van der Waals surface area (Å²) in [5.74, 6) is 1.97. The van der Waals surface area contributed by atoms with Gasteiger partial charge >= 0.3 is 0 Å². The third kappa shape index (κ3) is 3.10. The summed E-state index contributed by atoms with van der Waals surface area (Å²) in [4.78, 5) is 12.3. The molecule has 0 fully saturated rings. The fourth-order valence-electron chi connectivity index (χ4n) is 2.91. The molecule has 6 nitrogen and oxygen atoms in total. The lowest BCUT2D eigenvalue weighted by Gasteiger charge is -2.09. The van der Waals surface area contributed by atoms with Crippen LogP contribution >= 0.6 is 0 Å². The SMILES string of the molecule is CC(C)Cn1c(C=NNc2nc3ccccc3[nH]2)nc2ccccc21. The summed E-state index contributed by atoms with van der Waals surface area (Å²) in [6.07, 6.45) is 1.75. The molecular formula is C19H20N6. The van der Waals surface area contributed by atoms with Gasteiger partial charge < -0.3 is 9.55 Å². The summed E-state index contributed by atoms with van der Waals surface area (Å²) in [7, 11) is 0. The zero-order valence-corrected chi connectivity index (χ0v) is 14.3. The van der Waals surface area contributed by atoms with Crippen LogP contribution in [0.3, 0.4) is 0 Å². The minimum absolute atomic E-state index is 0.521. The van der Waals surface area contributed by atoms with Gasteiger partial charge in [-0.3, -0.25) is 0 Å². The maximum absolute atomic E-state index is 4.68. The van der Waals surface area contributed by atoms with E-state index in [0.717, 1.165) is 34.4 Å². The second-order valence-electron chi connectivity index (χ2n) is 6.44. The molecule has 2 heterocycles. The number of aromatic nitrogens is 4. The molecule has 2 N–H and O–H groups in total. The lowest BCUT2D eigenvalue weighted by Crippen LogP contribution is -2.08. The number of anilines is 1. The highest BCUT2D eigenvalue weighted by atomic mass is 15.4. The van der Waals surface area contributed by atoms with Crippen LogP contribution in [0.1, 0.15) is 19.7 Å². The number of hydrazone groups is 1. The minimum Gasteiger partial charge on any atom is -0.323 e. The van der Waals surface area contributed by atoms with Crippen molar-refractivity contribution < 1.29 is 0 Å². The third-order valence-corrected chi connectivity index (χ3v) is 3.97. The van der Waals surface area contributed by atoms with Crippen LogP contribution in [0.15, 0.2) is 53.6 Å². The molecule has 0 saturated carbocycles. The Morgan fingerprint density at radius 3 is 2.64 bits per heavy atom. The third-order valence-electron chi connectivity index (χ3n) is 3.97. The van der Waals surface area contributed by atoms with Gasteiger partial charge in [0.1, 0.15) is 0 Å². The monoisotopic (exact) mass is 332 g/mol. The van der Waals surface area contributed by atoms with Gasteiger partial charge in [-0.2, -0.15) is 5.10 Å². The lowest BCUT2D eigenvalue weighted by molar-refractivity contribution is 0.531. The number of nitrogens with zero attached hydrogens (tertiary/aromatic N) is 4. The molecule has 4 aromatic rings. The molecule has 2 aromatic heterocycles. The molecule has 25 heavy (non-hydrogen) atoms. The number of benzene rings is 2. The molecule has 6 heteroatoms. The van der Waals surface area contributed by atoms with Crippen LogP contribution < -0.4 is 5.43 Å². The summed E-state index contributed by atoms with van der Waals surface area (Å²) < 4.78 is 2.20. The van der Waals surface area contributed by atoms with E-state index in [1.54, 1.807) is 6.21 Å². The van der Waals surface area contributed by atoms with Crippen molar-refractivity contribution in [2.45, 2.75) is 20.4 Å². The first-order valence-electron chi connectivity index (χ1n) is 8.40. The fraction of sp³-hybridized carbons (Fsp3) is 0.211. The van der Waals surface area contributed by atoms with Crippen LogP contribution in [0, 0.1) is 5.92 Å². The highest BCUT2D eigenvalue weighted by Crippen LogP contribution is 2.17. The van der Waals surface area contributed by atoms with E-state index in [1.165, 1.54) is 0 Å². The Balaban J connectivity index is 1.61. The van der Waals surface area contributed by atoms with Crippen molar-refractivity contribution in [3.63, 3.8) is 0 Å². The Morgan fingerprint density at radius 1 is 1.08 bits per heavy atom. The van der Waals surface area contributed by atoms with Crippen molar-refractivity contribution in [3.05, 3.63) is 54.4 Å². The number of hydrogen-bond acceptors (Lipinski definition) is 4. The molecule has 0 aliphatic carbocycles. The second-order valence-corrected chi connectivity index (χ2v) is 6.44. The molecule has 0 aliphatic heterocycles. The van der Waals surface area contributed by atoms with E-state index in [2.05, 4.69) is 50.0 Å². The Kier molecular flexibility index (Phi) is 3.93. The summed E-state index contributed by atoms with van der Waals surface area (Å²) in [5, 5.41) is 4.32. The summed E-state index contributed by atoms with van der Waals surface area (Å²) in [6.45, 7) is 5.29. The van der Waals surface area contributed by atoms with Crippen molar-refractivity contribution in [1.82, 2.24) is 19.5 Å². The molecule has 0 bridgehead atoms. The van der Waals surface area contributed by atoms with Gasteiger partial charge in [0.2, 0.25) is 5.95 Å². The average Bonchev–Trinajstić information content (AvgIpc) is 3.16. The molecule has 2 aromatic carbocycles. The van der Waals surface area contributed by atoms with Gasteiger partial charge in [-0.15, -0.1) is 0 Å². The van der Waals surface area contributed by atoms with Gasteiger partial charge in [-0.1, -0.05) is 38.1 Å². The van der Waals surface area contributed by atoms with Crippen LogP contribution in [-0.4, -0.2) is 25.7 Å². The molecule has 0 spiro atoms. The van der Waals surface area contributed by atoms with Crippen LogP contribution in [0.4, 0.5) is 5.95 Å². The second kappa shape index (κ2) is 6.39. The summed E-state index contributed by atoms with van der Waals surface area (Å²) in [6, 6.07) is 16.0. The lowest BCUT2D eigenvalue weighted by atomic mass is 10.2. The number of rotatable bonds is 5. The predicted molar refractivity (Wildman–Crippen MR) is 102 cm³/mol. The number of nitrogens with one attached hydrogen (secondary N) is 2. The van der Waals surface area contributed by atoms with Gasteiger partial charge in [-0.05, 0) is 30.2 Å². The number of imidazole rings is 2. The van der Waals surface area contributed by atoms with Crippen LogP contribution in [0.5, 0.6) is 0 Å². The fourth-order valence-corrected chi connectivity index (χ4v) is 2.91. The molecule has 0 amide bonds. The van der Waals surface area contributed by atoms with E-state index in [-0.39, 0.29) is 0 Å². The Bertz CT molecular complexity index is 1010. The molecule has 0 radical (unpaired) electrons. The number of H-pyrrole nitrogens is 1. The van der Waals surface area contributed by atoms with E-state index < -0.39 is 0 Å². The van der Waals surface area contributed by atoms with Crippen molar-refractivity contribution in [2.75, 3.05) is 5.43 Å². The Hall–Kier alpha value is -3.15. The largest absolute Gasteiger partial charge is 0.323 e. The number of hydrogen-bond donors (Lipinski definition) is 2. The van der Waals surface area contributed by atoms with Gasteiger partial charge in [0.25, 0.3) is 0 Å². The molecule has 126 valence electrons. The molecule has 0 atom stereocenters. The number of aromatic amines is 1. The van der Waals surface area contributed by atoms with Crippen LogP contribution in [0.25, 0.3) is 22.1 Å². The van der Waals surface area contributed by atoms with Crippen molar-refractivity contribution in [1.29, 1.82) is 0 Å². The molecular weight excluding hydrogens is 312 g/mol.